The van der Waals surface area contributed by atoms with Crippen LogP contribution < -0.4 is 16.4 Å². The quantitative estimate of drug-likeness (QED) is 0.514. The molecular formula is C17H31Cl2N7O3. The fourth-order valence-electron chi connectivity index (χ4n) is 2.60. The molecule has 1 aliphatic heterocycles. The number of likely N-dealkylation sites (N-methyl/N-ethyl adjacent to an activating group) is 1. The second-order valence-corrected chi connectivity index (χ2v) is 7.15. The van der Waals surface area contributed by atoms with Crippen molar-refractivity contribution in [3.63, 3.8) is 0 Å². The Kier molecular flexibility index (Phi) is 11.8. The smallest absolute Gasteiger partial charge is 0.244 e. The number of carbonyl (C=O) groups is 3. The maximum absolute atomic E-state index is 12.3. The van der Waals surface area contributed by atoms with Gasteiger partial charge in [0, 0.05) is 32.4 Å². The van der Waals surface area contributed by atoms with E-state index < -0.39 is 6.04 Å². The van der Waals surface area contributed by atoms with Gasteiger partial charge in [-0.15, -0.1) is 24.8 Å². The molecule has 0 bridgehead atoms. The van der Waals surface area contributed by atoms with Crippen LogP contribution in [0.1, 0.15) is 13.8 Å². The predicted octanol–water partition coefficient (Wildman–Crippen LogP) is -0.461. The lowest BCUT2D eigenvalue weighted by Crippen LogP contribution is -2.48. The average molecular weight is 452 g/mol. The second-order valence-electron chi connectivity index (χ2n) is 7.15. The highest BCUT2D eigenvalue weighted by molar-refractivity contribution is 5.95. The summed E-state index contributed by atoms with van der Waals surface area (Å²) < 4.78 is 1.49. The van der Waals surface area contributed by atoms with Gasteiger partial charge in [0.05, 0.1) is 24.5 Å². The number of piperazine rings is 1. The van der Waals surface area contributed by atoms with E-state index in [4.69, 9.17) is 5.73 Å². The molecule has 1 aliphatic rings. The van der Waals surface area contributed by atoms with Gasteiger partial charge >= 0.3 is 0 Å². The van der Waals surface area contributed by atoms with Crippen LogP contribution in [-0.4, -0.2) is 83.1 Å². The van der Waals surface area contributed by atoms with Gasteiger partial charge in [0.1, 0.15) is 6.54 Å². The molecular weight excluding hydrogens is 421 g/mol. The van der Waals surface area contributed by atoms with E-state index in [1.54, 1.807) is 6.20 Å². The summed E-state index contributed by atoms with van der Waals surface area (Å²) in [5.74, 6) is -0.763. The fourth-order valence-corrected chi connectivity index (χ4v) is 2.60. The van der Waals surface area contributed by atoms with Gasteiger partial charge in [0.15, 0.2) is 0 Å². The molecule has 3 amide bonds. The first kappa shape index (κ1) is 27.1. The molecule has 166 valence electrons. The molecule has 0 radical (unpaired) electrons. The Hall–Kier alpha value is -1.88. The number of nitrogens with two attached hydrogens (primary N) is 1. The SMILES string of the molecule is CC(C)[C@H](N)C(=O)NCC(=O)Nc1cnn(CC(=O)N2CCN(C)CC2)c1.Cl.Cl. The van der Waals surface area contributed by atoms with Gasteiger partial charge in [-0.05, 0) is 13.0 Å². The van der Waals surface area contributed by atoms with Crippen LogP contribution in [0.3, 0.4) is 0 Å². The molecule has 0 unspecified atom stereocenters. The molecule has 29 heavy (non-hydrogen) atoms. The summed E-state index contributed by atoms with van der Waals surface area (Å²) >= 11 is 0. The lowest BCUT2D eigenvalue weighted by atomic mass is 10.1. The van der Waals surface area contributed by atoms with Gasteiger partial charge < -0.3 is 26.2 Å². The Morgan fingerprint density at radius 1 is 1.17 bits per heavy atom. The molecule has 1 fully saturated rings. The van der Waals surface area contributed by atoms with E-state index in [9.17, 15) is 14.4 Å². The Labute approximate surface area is 183 Å². The highest BCUT2D eigenvalue weighted by atomic mass is 35.5. The highest BCUT2D eigenvalue weighted by Crippen LogP contribution is 2.06. The van der Waals surface area contributed by atoms with Crippen molar-refractivity contribution in [2.45, 2.75) is 26.4 Å². The second kappa shape index (κ2) is 12.6. The molecule has 1 saturated heterocycles. The molecule has 0 aromatic carbocycles. The van der Waals surface area contributed by atoms with E-state index in [0.29, 0.717) is 18.8 Å². The predicted molar refractivity (Wildman–Crippen MR) is 115 cm³/mol. The van der Waals surface area contributed by atoms with Crippen LogP contribution in [0.5, 0.6) is 0 Å². The highest BCUT2D eigenvalue weighted by Gasteiger charge is 2.20. The summed E-state index contributed by atoms with van der Waals surface area (Å²) in [4.78, 5) is 40.0. The lowest BCUT2D eigenvalue weighted by molar-refractivity contribution is -0.133. The zero-order valence-electron chi connectivity index (χ0n) is 17.0. The van der Waals surface area contributed by atoms with Crippen molar-refractivity contribution in [1.82, 2.24) is 24.9 Å². The van der Waals surface area contributed by atoms with E-state index in [1.165, 1.54) is 10.9 Å². The topological polar surface area (TPSA) is 126 Å². The molecule has 10 nitrogen and oxygen atoms in total. The first-order valence-electron chi connectivity index (χ1n) is 9.08. The van der Waals surface area contributed by atoms with Gasteiger partial charge in [-0.25, -0.2) is 0 Å². The molecule has 2 heterocycles. The van der Waals surface area contributed by atoms with Crippen LogP contribution >= 0.6 is 24.8 Å². The number of nitrogens with one attached hydrogen (secondary N) is 2. The lowest BCUT2D eigenvalue weighted by Gasteiger charge is -2.32. The van der Waals surface area contributed by atoms with Gasteiger partial charge in [0.2, 0.25) is 17.7 Å². The molecule has 12 heteroatoms. The molecule has 0 spiro atoms. The molecule has 1 aromatic heterocycles. The van der Waals surface area contributed by atoms with Crippen molar-refractivity contribution in [1.29, 1.82) is 0 Å². The maximum Gasteiger partial charge on any atom is 0.244 e. The number of amides is 3. The zero-order valence-corrected chi connectivity index (χ0v) is 18.6. The minimum absolute atomic E-state index is 0. The summed E-state index contributed by atoms with van der Waals surface area (Å²) in [5.41, 5.74) is 6.19. The molecule has 4 N–H and O–H groups in total. The third kappa shape index (κ3) is 8.57. The Morgan fingerprint density at radius 3 is 2.38 bits per heavy atom. The fraction of sp³-hybridized carbons (Fsp3) is 0.647. The van der Waals surface area contributed by atoms with Crippen LogP contribution in [0, 0.1) is 5.92 Å². The van der Waals surface area contributed by atoms with Crippen LogP contribution in [0.4, 0.5) is 5.69 Å². The van der Waals surface area contributed by atoms with Crippen LogP contribution in [0.25, 0.3) is 0 Å². The number of halogens is 2. The van der Waals surface area contributed by atoms with Crippen LogP contribution in [0.2, 0.25) is 0 Å². The number of carbonyl (C=O) groups excluding carboxylic acids is 3. The van der Waals surface area contributed by atoms with Crippen molar-refractivity contribution in [2.75, 3.05) is 45.1 Å². The van der Waals surface area contributed by atoms with Crippen LogP contribution in [0.15, 0.2) is 12.4 Å². The van der Waals surface area contributed by atoms with E-state index in [-0.39, 0.29) is 61.5 Å². The van der Waals surface area contributed by atoms with E-state index in [2.05, 4.69) is 20.6 Å². The number of aromatic nitrogens is 2. The van der Waals surface area contributed by atoms with Gasteiger partial charge in [-0.3, -0.25) is 19.1 Å². The monoisotopic (exact) mass is 451 g/mol. The van der Waals surface area contributed by atoms with Crippen molar-refractivity contribution >= 4 is 48.2 Å². The standard InChI is InChI=1S/C17H29N7O3.2ClH/c1-12(2)16(18)17(27)19-9-14(25)21-13-8-20-24(10-13)11-15(26)23-6-4-22(3)5-7-23;;/h8,10,12,16H,4-7,9,11,18H2,1-3H3,(H,19,27)(H,21,25);2*1H/t16-;;/m0../s1. The van der Waals surface area contributed by atoms with Gasteiger partial charge in [-0.2, -0.15) is 5.10 Å². The number of anilines is 1. The largest absolute Gasteiger partial charge is 0.346 e. The minimum atomic E-state index is -0.652. The summed E-state index contributed by atoms with van der Waals surface area (Å²) in [6.45, 7) is 6.75. The zero-order chi connectivity index (χ0) is 20.0. The maximum atomic E-state index is 12.3. The first-order chi connectivity index (χ1) is 12.8. The Morgan fingerprint density at radius 2 is 1.79 bits per heavy atom. The molecule has 0 saturated carbocycles. The normalized spacial score (nSPS) is 15.1. The third-order valence-corrected chi connectivity index (χ3v) is 4.51. The number of hydrogen-bond donors (Lipinski definition) is 3. The van der Waals surface area contributed by atoms with Crippen molar-refractivity contribution in [2.24, 2.45) is 11.7 Å². The van der Waals surface area contributed by atoms with E-state index >= 15 is 0 Å². The van der Waals surface area contributed by atoms with Crippen molar-refractivity contribution in [3.05, 3.63) is 12.4 Å². The van der Waals surface area contributed by atoms with Gasteiger partial charge in [0.25, 0.3) is 0 Å². The van der Waals surface area contributed by atoms with Crippen molar-refractivity contribution in [3.8, 4) is 0 Å². The molecule has 1 aromatic rings. The number of rotatable bonds is 7. The molecule has 1 atom stereocenters. The summed E-state index contributed by atoms with van der Waals surface area (Å²) in [6, 6.07) is -0.652. The van der Waals surface area contributed by atoms with Crippen molar-refractivity contribution < 1.29 is 14.4 Å². The van der Waals surface area contributed by atoms with Gasteiger partial charge in [-0.1, -0.05) is 13.8 Å². The molecule has 0 aliphatic carbocycles. The third-order valence-electron chi connectivity index (χ3n) is 4.51. The van der Waals surface area contributed by atoms with Crippen LogP contribution in [-0.2, 0) is 20.9 Å². The summed E-state index contributed by atoms with van der Waals surface area (Å²) in [5, 5.41) is 9.24. The Bertz CT molecular complexity index is 676. The summed E-state index contributed by atoms with van der Waals surface area (Å²) in [7, 11) is 2.03. The number of hydrogen-bond acceptors (Lipinski definition) is 6. The summed E-state index contributed by atoms with van der Waals surface area (Å²) in [6.07, 6.45) is 3.06. The molecule has 2 rings (SSSR count). The Balaban J connectivity index is 0.00000392. The minimum Gasteiger partial charge on any atom is -0.346 e. The number of nitrogens with zero attached hydrogens (tertiary/aromatic N) is 4. The average Bonchev–Trinajstić information content (AvgIpc) is 3.06. The van der Waals surface area contributed by atoms with E-state index in [1.807, 2.05) is 25.8 Å². The first-order valence-corrected chi connectivity index (χ1v) is 9.08. The van der Waals surface area contributed by atoms with E-state index in [0.717, 1.165) is 13.1 Å².